The lowest BCUT2D eigenvalue weighted by Crippen LogP contribution is -2.43. The Balaban J connectivity index is 3.63. The van der Waals surface area contributed by atoms with Crippen LogP contribution in [0.15, 0.2) is 0 Å². The number of hydrogen-bond donors (Lipinski definition) is 1. The molecule has 62 valence electrons. The fourth-order valence-corrected chi connectivity index (χ4v) is 0.463. The van der Waals surface area contributed by atoms with Crippen molar-refractivity contribution in [3.63, 3.8) is 0 Å². The second kappa shape index (κ2) is 4.26. The van der Waals surface area contributed by atoms with Gasteiger partial charge in [0.15, 0.2) is 0 Å². The third kappa shape index (κ3) is 3.49. The highest BCUT2D eigenvalue weighted by Crippen LogP contribution is 2.20. The van der Waals surface area contributed by atoms with E-state index in [4.69, 9.17) is 11.6 Å². The predicted octanol–water partition coefficient (Wildman–Crippen LogP) is 1.94. The van der Waals surface area contributed by atoms with Gasteiger partial charge in [-0.1, -0.05) is 11.6 Å². The molecule has 0 saturated heterocycles. The topological polar surface area (TPSA) is 12.0 Å². The molecule has 0 aromatic rings. The molecule has 0 fully saturated rings. The van der Waals surface area contributed by atoms with Gasteiger partial charge in [-0.2, -0.15) is 8.78 Å². The zero-order valence-electron chi connectivity index (χ0n) is 4.88. The monoisotopic (exact) mass is 195 g/mol. The van der Waals surface area contributed by atoms with E-state index < -0.39 is 11.7 Å². The molecule has 0 radical (unpaired) electrons. The molecule has 0 aliphatic rings. The molecule has 6 heteroatoms. The molecule has 0 aromatic carbocycles. The maximum Gasteiger partial charge on any atom is 0.347 e. The lowest BCUT2D eigenvalue weighted by atomic mass is 10.5. The number of alkyl halides is 5. The normalized spacial score (nSPS) is 15.3. The minimum atomic E-state index is -3.68. The number of nitrogens with one attached hydrogen (secondary N) is 1. The predicted molar refractivity (Wildman–Crippen MR) is 34.4 cm³/mol. The molecular formula is C4H6Cl2F3N. The summed E-state index contributed by atoms with van der Waals surface area (Å²) in [6.45, 7) is -0.179. The first-order chi connectivity index (χ1) is 4.50. The number of hydrogen-bond acceptors (Lipinski definition) is 1. The van der Waals surface area contributed by atoms with Crippen LogP contribution in [-0.4, -0.2) is 24.1 Å². The Labute approximate surface area is 66.5 Å². The van der Waals surface area contributed by atoms with Crippen molar-refractivity contribution >= 4 is 23.2 Å². The molecule has 10 heavy (non-hydrogen) atoms. The summed E-state index contributed by atoms with van der Waals surface area (Å²) in [5, 5.41) is 1.54. The Kier molecular flexibility index (Phi) is 4.40. The molecule has 0 bridgehead atoms. The van der Waals surface area contributed by atoms with Crippen LogP contribution in [0, 0.1) is 0 Å². The van der Waals surface area contributed by atoms with Crippen molar-refractivity contribution in [3.05, 3.63) is 0 Å². The van der Waals surface area contributed by atoms with Crippen LogP contribution in [-0.2, 0) is 0 Å². The quantitative estimate of drug-likeness (QED) is 0.535. The molecule has 1 atom stereocenters. The Bertz CT molecular complexity index is 98.5. The van der Waals surface area contributed by atoms with Gasteiger partial charge in [-0.15, -0.1) is 11.6 Å². The summed E-state index contributed by atoms with van der Waals surface area (Å²) >= 11 is 9.53. The van der Waals surface area contributed by atoms with E-state index in [1.54, 1.807) is 0 Å². The van der Waals surface area contributed by atoms with E-state index >= 15 is 0 Å². The van der Waals surface area contributed by atoms with Crippen LogP contribution >= 0.6 is 23.2 Å². The van der Waals surface area contributed by atoms with Crippen molar-refractivity contribution in [1.82, 2.24) is 5.32 Å². The molecule has 0 aromatic heterocycles. The van der Waals surface area contributed by atoms with Crippen LogP contribution in [0.4, 0.5) is 13.2 Å². The lowest BCUT2D eigenvalue weighted by molar-refractivity contribution is -0.0695. The average molecular weight is 196 g/mol. The summed E-state index contributed by atoms with van der Waals surface area (Å²) in [7, 11) is 0. The Morgan fingerprint density at radius 2 is 2.00 bits per heavy atom. The minimum Gasteiger partial charge on any atom is -0.253 e. The Morgan fingerprint density at radius 1 is 1.50 bits per heavy atom. The summed E-state index contributed by atoms with van der Waals surface area (Å²) in [6.07, 6.45) is 0. The minimum absolute atomic E-state index is 0.0147. The van der Waals surface area contributed by atoms with E-state index in [-0.39, 0.29) is 12.4 Å². The van der Waals surface area contributed by atoms with Crippen molar-refractivity contribution in [2.24, 2.45) is 0 Å². The fraction of sp³-hybridized carbons (Fsp3) is 1.00. The Hall–Kier alpha value is 0.330. The highest BCUT2D eigenvalue weighted by molar-refractivity contribution is 6.20. The van der Waals surface area contributed by atoms with Gasteiger partial charge in [-0.25, -0.2) is 4.39 Å². The van der Waals surface area contributed by atoms with Gasteiger partial charge < -0.3 is 0 Å². The average Bonchev–Trinajstić information content (AvgIpc) is 1.84. The smallest absolute Gasteiger partial charge is 0.253 e. The van der Waals surface area contributed by atoms with Gasteiger partial charge in [0.25, 0.3) is 5.63 Å². The van der Waals surface area contributed by atoms with Gasteiger partial charge in [0.05, 0.1) is 0 Å². The zero-order valence-corrected chi connectivity index (χ0v) is 6.39. The van der Waals surface area contributed by atoms with E-state index in [0.29, 0.717) is 0 Å². The fourth-order valence-electron chi connectivity index (χ4n) is 0.291. The molecule has 1 N–H and O–H groups in total. The molecule has 0 saturated carbocycles. The zero-order chi connectivity index (χ0) is 8.20. The van der Waals surface area contributed by atoms with Crippen LogP contribution in [0.25, 0.3) is 0 Å². The first-order valence-electron chi connectivity index (χ1n) is 2.47. The second-order valence-electron chi connectivity index (χ2n) is 1.54. The molecule has 1 unspecified atom stereocenters. The van der Waals surface area contributed by atoms with Crippen LogP contribution in [0.5, 0.6) is 0 Å². The lowest BCUT2D eigenvalue weighted by Gasteiger charge is -2.16. The molecule has 1 nitrogen and oxygen atoms in total. The van der Waals surface area contributed by atoms with Crippen molar-refractivity contribution in [1.29, 1.82) is 0 Å². The third-order valence-corrected chi connectivity index (χ3v) is 1.19. The van der Waals surface area contributed by atoms with Crippen LogP contribution < -0.4 is 5.32 Å². The summed E-state index contributed by atoms with van der Waals surface area (Å²) in [6, 6.07) is -3.68. The highest BCUT2D eigenvalue weighted by atomic mass is 35.5. The van der Waals surface area contributed by atoms with E-state index in [2.05, 4.69) is 11.6 Å². The van der Waals surface area contributed by atoms with Gasteiger partial charge in [0.2, 0.25) is 0 Å². The maximum absolute atomic E-state index is 12.1. The van der Waals surface area contributed by atoms with Gasteiger partial charge in [-0.05, 0) is 0 Å². The van der Waals surface area contributed by atoms with Gasteiger partial charge in [-0.3, -0.25) is 5.32 Å². The number of rotatable bonds is 4. The molecule has 0 amide bonds. The summed E-state index contributed by atoms with van der Waals surface area (Å²) in [5.41, 5.74) is -2.71. The van der Waals surface area contributed by atoms with Crippen LogP contribution in [0.3, 0.4) is 0 Å². The first-order valence-corrected chi connectivity index (χ1v) is 3.44. The van der Waals surface area contributed by atoms with Crippen molar-refractivity contribution in [2.75, 3.05) is 12.4 Å². The molecule has 0 aliphatic carbocycles. The van der Waals surface area contributed by atoms with Crippen molar-refractivity contribution in [3.8, 4) is 0 Å². The Morgan fingerprint density at radius 3 is 2.30 bits per heavy atom. The van der Waals surface area contributed by atoms with Gasteiger partial charge in [0, 0.05) is 12.4 Å². The standard InChI is InChI=1S/C4H6Cl2F3N/c5-1-2-10-4(8,9)3(6)7/h3,10H,1-2H2. The van der Waals surface area contributed by atoms with E-state index in [1.165, 1.54) is 5.32 Å². The molecule has 0 rings (SSSR count). The van der Waals surface area contributed by atoms with E-state index in [1.807, 2.05) is 0 Å². The molecular weight excluding hydrogens is 190 g/mol. The summed E-state index contributed by atoms with van der Waals surface area (Å²) in [5.74, 6) is -0.0147. The highest BCUT2D eigenvalue weighted by Gasteiger charge is 2.37. The molecule has 0 heterocycles. The molecule has 0 aliphatic heterocycles. The van der Waals surface area contributed by atoms with Crippen molar-refractivity contribution in [2.45, 2.75) is 11.7 Å². The largest absolute Gasteiger partial charge is 0.347 e. The third-order valence-electron chi connectivity index (χ3n) is 0.729. The SMILES string of the molecule is FC(Cl)C(F)(F)NCCCl. The van der Waals surface area contributed by atoms with E-state index in [9.17, 15) is 13.2 Å². The summed E-state index contributed by atoms with van der Waals surface area (Å²) < 4.78 is 35.8. The van der Waals surface area contributed by atoms with Gasteiger partial charge in [0.1, 0.15) is 0 Å². The van der Waals surface area contributed by atoms with Crippen molar-refractivity contribution < 1.29 is 13.2 Å². The van der Waals surface area contributed by atoms with Gasteiger partial charge >= 0.3 is 6.05 Å². The van der Waals surface area contributed by atoms with E-state index in [0.717, 1.165) is 0 Å². The van der Waals surface area contributed by atoms with Crippen LogP contribution in [0.1, 0.15) is 0 Å². The summed E-state index contributed by atoms with van der Waals surface area (Å²) in [4.78, 5) is 0. The number of halogens is 5. The first kappa shape index (κ1) is 10.3. The van der Waals surface area contributed by atoms with Crippen LogP contribution in [0.2, 0.25) is 0 Å². The second-order valence-corrected chi connectivity index (χ2v) is 2.30. The molecule has 0 spiro atoms. The maximum atomic E-state index is 12.1.